The van der Waals surface area contributed by atoms with E-state index in [1.54, 1.807) is 11.8 Å². The van der Waals surface area contributed by atoms with E-state index in [4.69, 9.17) is 11.6 Å². The molecule has 26 heavy (non-hydrogen) atoms. The van der Waals surface area contributed by atoms with Gasteiger partial charge in [0.15, 0.2) is 4.80 Å². The van der Waals surface area contributed by atoms with Crippen LogP contribution >= 0.6 is 34.7 Å². The van der Waals surface area contributed by atoms with Gasteiger partial charge in [-0.25, -0.2) is 0 Å². The third kappa shape index (κ3) is 4.40. The Morgan fingerprint density at radius 1 is 1.23 bits per heavy atom. The van der Waals surface area contributed by atoms with Gasteiger partial charge in [-0.2, -0.15) is 16.8 Å². The van der Waals surface area contributed by atoms with Crippen LogP contribution < -0.4 is 4.80 Å². The Morgan fingerprint density at radius 2 is 2.04 bits per heavy atom. The van der Waals surface area contributed by atoms with Gasteiger partial charge in [0.2, 0.25) is 0 Å². The van der Waals surface area contributed by atoms with Crippen LogP contribution in [0.2, 0.25) is 5.02 Å². The van der Waals surface area contributed by atoms with Gasteiger partial charge in [0.1, 0.15) is 0 Å². The second-order valence-electron chi connectivity index (χ2n) is 6.25. The number of thiazole rings is 1. The molecule has 0 radical (unpaired) electrons. The maximum atomic E-state index is 12.6. The minimum atomic E-state index is -0.116. The number of halogens is 1. The monoisotopic (exact) mass is 404 g/mol. The summed E-state index contributed by atoms with van der Waals surface area (Å²) in [6.45, 7) is 4.89. The van der Waals surface area contributed by atoms with E-state index in [-0.39, 0.29) is 5.91 Å². The molecule has 1 aromatic heterocycles. The third-order valence-corrected chi connectivity index (χ3v) is 6.10. The van der Waals surface area contributed by atoms with Gasteiger partial charge in [0, 0.05) is 17.3 Å². The molecule has 0 saturated heterocycles. The SMILES string of the molecule is CSCCn1c(=NC(=O)Cc2cc(C)ccc2C)sc2cc(Cl)ccc21. The number of fused-ring (bicyclic) bond motifs is 1. The van der Waals surface area contributed by atoms with Gasteiger partial charge in [-0.15, -0.1) is 0 Å². The van der Waals surface area contributed by atoms with Crippen LogP contribution in [0, 0.1) is 13.8 Å². The average molecular weight is 405 g/mol. The number of aromatic nitrogens is 1. The fourth-order valence-electron chi connectivity index (χ4n) is 2.83. The molecule has 0 bridgehead atoms. The molecule has 0 N–H and O–H groups in total. The summed E-state index contributed by atoms with van der Waals surface area (Å²) in [7, 11) is 0. The second kappa shape index (κ2) is 8.42. The summed E-state index contributed by atoms with van der Waals surface area (Å²) in [4.78, 5) is 17.8. The molecule has 0 saturated carbocycles. The van der Waals surface area contributed by atoms with E-state index in [1.165, 1.54) is 11.3 Å². The average Bonchev–Trinajstić information content (AvgIpc) is 2.92. The Kier molecular flexibility index (Phi) is 6.22. The molecule has 0 spiro atoms. The van der Waals surface area contributed by atoms with Crippen molar-refractivity contribution in [3.8, 4) is 0 Å². The number of nitrogens with zero attached hydrogens (tertiary/aromatic N) is 2. The molecule has 2 aromatic carbocycles. The van der Waals surface area contributed by atoms with Crippen molar-refractivity contribution in [2.45, 2.75) is 26.8 Å². The van der Waals surface area contributed by atoms with Crippen molar-refractivity contribution < 1.29 is 4.79 Å². The van der Waals surface area contributed by atoms with Gasteiger partial charge >= 0.3 is 0 Å². The summed E-state index contributed by atoms with van der Waals surface area (Å²) in [6, 6.07) is 12.0. The topological polar surface area (TPSA) is 34.4 Å². The summed E-state index contributed by atoms with van der Waals surface area (Å²) in [5, 5.41) is 0.698. The van der Waals surface area contributed by atoms with Gasteiger partial charge in [0.25, 0.3) is 5.91 Å². The van der Waals surface area contributed by atoms with Gasteiger partial charge in [0.05, 0.1) is 16.6 Å². The van der Waals surface area contributed by atoms with E-state index in [0.717, 1.165) is 44.0 Å². The zero-order valence-electron chi connectivity index (χ0n) is 15.1. The van der Waals surface area contributed by atoms with Crippen molar-refractivity contribution in [1.29, 1.82) is 0 Å². The molecule has 3 nitrogen and oxygen atoms in total. The first-order chi connectivity index (χ1) is 12.5. The van der Waals surface area contributed by atoms with Crippen LogP contribution in [0.15, 0.2) is 41.4 Å². The number of hydrogen-bond acceptors (Lipinski definition) is 3. The highest BCUT2D eigenvalue weighted by Gasteiger charge is 2.10. The summed E-state index contributed by atoms with van der Waals surface area (Å²) in [5.41, 5.74) is 4.40. The van der Waals surface area contributed by atoms with E-state index in [2.05, 4.69) is 34.0 Å². The van der Waals surface area contributed by atoms with Crippen LogP contribution in [0.25, 0.3) is 10.2 Å². The predicted octanol–water partition coefficient (Wildman–Crippen LogP) is 5.01. The Morgan fingerprint density at radius 3 is 2.81 bits per heavy atom. The van der Waals surface area contributed by atoms with Crippen molar-refractivity contribution >= 4 is 50.8 Å². The maximum absolute atomic E-state index is 12.6. The molecule has 6 heteroatoms. The molecular weight excluding hydrogens is 384 g/mol. The lowest BCUT2D eigenvalue weighted by molar-refractivity contribution is -0.117. The maximum Gasteiger partial charge on any atom is 0.252 e. The van der Waals surface area contributed by atoms with Gasteiger partial charge in [-0.3, -0.25) is 4.79 Å². The Labute approximate surface area is 166 Å². The first-order valence-corrected chi connectivity index (χ1v) is 11.0. The first kappa shape index (κ1) is 19.2. The fraction of sp³-hybridized carbons (Fsp3) is 0.300. The molecule has 0 aliphatic heterocycles. The number of rotatable bonds is 5. The highest BCUT2D eigenvalue weighted by atomic mass is 35.5. The van der Waals surface area contributed by atoms with Crippen LogP contribution in [0.3, 0.4) is 0 Å². The number of aryl methyl sites for hydroxylation is 3. The molecule has 0 aliphatic rings. The molecule has 1 amide bonds. The van der Waals surface area contributed by atoms with Crippen molar-refractivity contribution in [2.24, 2.45) is 4.99 Å². The highest BCUT2D eigenvalue weighted by molar-refractivity contribution is 7.98. The molecule has 0 aliphatic carbocycles. The lowest BCUT2D eigenvalue weighted by atomic mass is 10.0. The van der Waals surface area contributed by atoms with Crippen molar-refractivity contribution in [2.75, 3.05) is 12.0 Å². The zero-order chi connectivity index (χ0) is 18.7. The van der Waals surface area contributed by atoms with Crippen molar-refractivity contribution in [1.82, 2.24) is 4.57 Å². The Bertz CT molecular complexity index is 1020. The van der Waals surface area contributed by atoms with Crippen LogP contribution in [-0.4, -0.2) is 22.5 Å². The number of carbonyl (C=O) groups is 1. The van der Waals surface area contributed by atoms with E-state index in [0.29, 0.717) is 11.4 Å². The second-order valence-corrected chi connectivity index (χ2v) is 8.68. The highest BCUT2D eigenvalue weighted by Crippen LogP contribution is 2.22. The summed E-state index contributed by atoms with van der Waals surface area (Å²) >= 11 is 9.42. The van der Waals surface area contributed by atoms with Crippen molar-refractivity contribution in [3.63, 3.8) is 0 Å². The first-order valence-electron chi connectivity index (χ1n) is 8.39. The summed E-state index contributed by atoms with van der Waals surface area (Å²) < 4.78 is 3.17. The smallest absolute Gasteiger partial charge is 0.252 e. The number of thioether (sulfide) groups is 1. The lowest BCUT2D eigenvalue weighted by Gasteiger charge is -2.05. The number of benzene rings is 2. The largest absolute Gasteiger partial charge is 0.316 e. The van der Waals surface area contributed by atoms with Crippen LogP contribution in [-0.2, 0) is 17.8 Å². The van der Waals surface area contributed by atoms with Crippen LogP contribution in [0.1, 0.15) is 16.7 Å². The molecule has 0 unspecified atom stereocenters. The van der Waals surface area contributed by atoms with Crippen LogP contribution in [0.4, 0.5) is 0 Å². The molecular formula is C20H21ClN2OS2. The van der Waals surface area contributed by atoms with Crippen molar-refractivity contribution in [3.05, 3.63) is 62.9 Å². The molecule has 136 valence electrons. The van der Waals surface area contributed by atoms with Crippen LogP contribution in [0.5, 0.6) is 0 Å². The molecule has 3 aromatic rings. The Balaban J connectivity index is 1.99. The fourth-order valence-corrected chi connectivity index (χ4v) is 4.55. The standard InChI is InChI=1S/C20H21ClN2OS2/c1-13-4-5-14(2)15(10-13)11-19(24)22-20-23(8-9-25-3)17-7-6-16(21)12-18(17)26-20/h4-7,10,12H,8-9,11H2,1-3H3. The molecule has 3 rings (SSSR count). The number of hydrogen-bond donors (Lipinski definition) is 0. The molecule has 0 atom stereocenters. The van der Waals surface area contributed by atoms with E-state index >= 15 is 0 Å². The van der Waals surface area contributed by atoms with E-state index < -0.39 is 0 Å². The van der Waals surface area contributed by atoms with Gasteiger partial charge in [-0.1, -0.05) is 46.7 Å². The third-order valence-electron chi connectivity index (χ3n) is 4.23. The Hall–Kier alpha value is -1.56. The number of amides is 1. The summed E-state index contributed by atoms with van der Waals surface area (Å²) in [6.07, 6.45) is 2.40. The minimum absolute atomic E-state index is 0.116. The normalized spacial score (nSPS) is 12.1. The lowest BCUT2D eigenvalue weighted by Crippen LogP contribution is -2.18. The predicted molar refractivity (Wildman–Crippen MR) is 113 cm³/mol. The summed E-state index contributed by atoms with van der Waals surface area (Å²) in [5.74, 6) is 0.849. The minimum Gasteiger partial charge on any atom is -0.316 e. The quantitative estimate of drug-likeness (QED) is 0.599. The molecule has 0 fully saturated rings. The van der Waals surface area contributed by atoms with E-state index in [9.17, 15) is 4.79 Å². The molecule has 1 heterocycles. The number of carbonyl (C=O) groups excluding carboxylic acids is 1. The van der Waals surface area contributed by atoms with Gasteiger partial charge in [-0.05, 0) is 49.4 Å². The zero-order valence-corrected chi connectivity index (χ0v) is 17.5. The van der Waals surface area contributed by atoms with E-state index in [1.807, 2.05) is 32.0 Å². The van der Waals surface area contributed by atoms with Gasteiger partial charge < -0.3 is 4.57 Å².